The summed E-state index contributed by atoms with van der Waals surface area (Å²) in [6.45, 7) is 3.74. The SMILES string of the molecule is Cc1ccc(C(=O)NC2CC2)cc1-n1ncc(C(=O)c2ccc(F)cc2)c1N.Cc1ccc(C(=O)NC2CC2)cc1-n1ncc(C(=O)c2cccc(F)c2)c1N. The Balaban J connectivity index is 0.000000172. The number of nitrogens with zero attached hydrogens (tertiary/aromatic N) is 4. The van der Waals surface area contributed by atoms with Gasteiger partial charge in [0.05, 0.1) is 34.9 Å². The number of nitrogens with two attached hydrogens (primary N) is 2. The van der Waals surface area contributed by atoms with Crippen molar-refractivity contribution >= 4 is 35.0 Å². The van der Waals surface area contributed by atoms with Crippen molar-refractivity contribution in [1.82, 2.24) is 30.2 Å². The molecule has 4 aromatic carbocycles. The Kier molecular flexibility index (Phi) is 10.3. The molecule has 2 aliphatic carbocycles. The Morgan fingerprint density at radius 2 is 1.04 bits per heavy atom. The van der Waals surface area contributed by atoms with Crippen molar-refractivity contribution in [1.29, 1.82) is 0 Å². The highest BCUT2D eigenvalue weighted by Crippen LogP contribution is 2.27. The molecule has 56 heavy (non-hydrogen) atoms. The van der Waals surface area contributed by atoms with Gasteiger partial charge in [-0.1, -0.05) is 24.3 Å². The van der Waals surface area contributed by atoms with E-state index in [1.807, 2.05) is 26.0 Å². The molecule has 0 unspecified atom stereocenters. The summed E-state index contributed by atoms with van der Waals surface area (Å²) in [5.74, 6) is -1.66. The zero-order valence-electron chi connectivity index (χ0n) is 30.6. The summed E-state index contributed by atoms with van der Waals surface area (Å²) in [6, 6.07) is 21.7. The molecule has 2 saturated carbocycles. The number of rotatable bonds is 10. The lowest BCUT2D eigenvalue weighted by Crippen LogP contribution is -2.25. The third kappa shape index (κ3) is 8.09. The van der Waals surface area contributed by atoms with Gasteiger partial charge in [-0.15, -0.1) is 0 Å². The number of benzene rings is 4. The van der Waals surface area contributed by atoms with Crippen LogP contribution in [0, 0.1) is 25.5 Å². The van der Waals surface area contributed by atoms with Gasteiger partial charge < -0.3 is 22.1 Å². The van der Waals surface area contributed by atoms with Gasteiger partial charge >= 0.3 is 0 Å². The maximum absolute atomic E-state index is 13.4. The molecule has 6 aromatic rings. The molecule has 6 N–H and O–H groups in total. The number of hydrogen-bond donors (Lipinski definition) is 4. The number of aromatic nitrogens is 4. The number of carbonyl (C=O) groups excluding carboxylic acids is 4. The van der Waals surface area contributed by atoms with Gasteiger partial charge in [0.25, 0.3) is 11.8 Å². The average Bonchev–Trinajstić information content (AvgIpc) is 4.12. The lowest BCUT2D eigenvalue weighted by molar-refractivity contribution is 0.0942. The summed E-state index contributed by atoms with van der Waals surface area (Å²) >= 11 is 0. The first kappa shape index (κ1) is 37.4. The van der Waals surface area contributed by atoms with E-state index in [0.717, 1.165) is 42.9 Å². The molecule has 0 bridgehead atoms. The number of ketones is 2. The molecule has 0 radical (unpaired) electrons. The number of amides is 2. The zero-order chi connectivity index (χ0) is 39.7. The topological polar surface area (TPSA) is 180 Å². The van der Waals surface area contributed by atoms with Gasteiger partial charge in [0.15, 0.2) is 11.6 Å². The van der Waals surface area contributed by atoms with Crippen molar-refractivity contribution in [3.05, 3.63) is 153 Å². The van der Waals surface area contributed by atoms with Crippen molar-refractivity contribution in [3.8, 4) is 11.4 Å². The fourth-order valence-corrected chi connectivity index (χ4v) is 5.94. The van der Waals surface area contributed by atoms with E-state index in [4.69, 9.17) is 11.5 Å². The van der Waals surface area contributed by atoms with Crippen molar-refractivity contribution < 1.29 is 28.0 Å². The van der Waals surface area contributed by atoms with Crippen LogP contribution in [0.2, 0.25) is 0 Å². The third-order valence-corrected chi connectivity index (χ3v) is 9.52. The highest BCUT2D eigenvalue weighted by atomic mass is 19.1. The zero-order valence-corrected chi connectivity index (χ0v) is 30.6. The molecule has 8 rings (SSSR count). The van der Waals surface area contributed by atoms with E-state index in [9.17, 15) is 28.0 Å². The number of anilines is 2. The molecule has 0 aliphatic heterocycles. The molecule has 0 spiro atoms. The Morgan fingerprint density at radius 1 is 0.589 bits per heavy atom. The predicted octanol–water partition coefficient (Wildman–Crippen LogP) is 6.05. The van der Waals surface area contributed by atoms with Gasteiger partial charge in [0.1, 0.15) is 23.3 Å². The molecule has 2 aliphatic rings. The normalized spacial score (nSPS) is 13.4. The molecule has 0 saturated heterocycles. The van der Waals surface area contributed by atoms with Gasteiger partial charge in [-0.05, 0) is 111 Å². The second kappa shape index (κ2) is 15.4. The number of nitrogens with one attached hydrogen (secondary N) is 2. The summed E-state index contributed by atoms with van der Waals surface area (Å²) in [6.07, 6.45) is 6.76. The first-order valence-electron chi connectivity index (χ1n) is 18.0. The van der Waals surface area contributed by atoms with Crippen LogP contribution in [0.25, 0.3) is 11.4 Å². The van der Waals surface area contributed by atoms with Crippen molar-refractivity contribution in [2.75, 3.05) is 11.5 Å². The van der Waals surface area contributed by atoms with E-state index in [-0.39, 0.29) is 58.0 Å². The monoisotopic (exact) mass is 756 g/mol. The van der Waals surface area contributed by atoms with E-state index >= 15 is 0 Å². The fraction of sp³-hybridized carbons (Fsp3) is 0.190. The third-order valence-electron chi connectivity index (χ3n) is 9.52. The van der Waals surface area contributed by atoms with Gasteiger partial charge in [0.2, 0.25) is 0 Å². The van der Waals surface area contributed by atoms with E-state index in [2.05, 4.69) is 20.8 Å². The van der Waals surface area contributed by atoms with Crippen LogP contribution in [0.5, 0.6) is 0 Å². The Hall–Kier alpha value is -6.96. The molecule has 12 nitrogen and oxygen atoms in total. The largest absolute Gasteiger partial charge is 0.383 e. The lowest BCUT2D eigenvalue weighted by atomic mass is 10.1. The summed E-state index contributed by atoms with van der Waals surface area (Å²) in [7, 11) is 0. The van der Waals surface area contributed by atoms with Crippen molar-refractivity contribution in [3.63, 3.8) is 0 Å². The molecule has 2 fully saturated rings. The van der Waals surface area contributed by atoms with Gasteiger partial charge in [-0.2, -0.15) is 10.2 Å². The van der Waals surface area contributed by atoms with Crippen LogP contribution in [0.15, 0.2) is 97.3 Å². The van der Waals surface area contributed by atoms with Crippen LogP contribution in [-0.2, 0) is 0 Å². The van der Waals surface area contributed by atoms with Crippen LogP contribution in [0.4, 0.5) is 20.4 Å². The first-order chi connectivity index (χ1) is 26.9. The summed E-state index contributed by atoms with van der Waals surface area (Å²) in [4.78, 5) is 50.1. The maximum Gasteiger partial charge on any atom is 0.251 e. The molecular weight excluding hydrogens is 719 g/mol. The number of halogens is 2. The number of aryl methyl sites for hydroxylation is 2. The maximum atomic E-state index is 13.4. The average molecular weight is 757 g/mol. The molecule has 0 atom stereocenters. The van der Waals surface area contributed by atoms with Gasteiger partial charge in [-0.25, -0.2) is 18.1 Å². The minimum Gasteiger partial charge on any atom is -0.383 e. The Bertz CT molecular complexity index is 2500. The van der Waals surface area contributed by atoms with Crippen molar-refractivity contribution in [2.24, 2.45) is 0 Å². The summed E-state index contributed by atoms with van der Waals surface area (Å²) in [5, 5.41) is 14.4. The molecule has 2 aromatic heterocycles. The van der Waals surface area contributed by atoms with Crippen LogP contribution >= 0.6 is 0 Å². The van der Waals surface area contributed by atoms with Crippen molar-refractivity contribution in [2.45, 2.75) is 51.6 Å². The molecule has 14 heteroatoms. The minimum absolute atomic E-state index is 0.136. The molecule has 284 valence electrons. The summed E-state index contributed by atoms with van der Waals surface area (Å²) < 4.78 is 29.4. The number of nitrogen functional groups attached to an aromatic ring is 2. The second-order valence-corrected chi connectivity index (χ2v) is 13.9. The van der Waals surface area contributed by atoms with Gasteiger partial charge in [-0.3, -0.25) is 19.2 Å². The second-order valence-electron chi connectivity index (χ2n) is 13.9. The highest BCUT2D eigenvalue weighted by molar-refractivity contribution is 6.12. The standard InChI is InChI=1S/2C21H19FN4O2/c1-12-2-3-14(21(28)25-16-8-9-16)10-18(12)26-20(23)17(11-24-26)19(27)13-4-6-15(22)7-5-13;1-12-5-6-14(21(28)25-16-7-8-16)10-18(12)26-20(23)17(11-24-26)19(27)13-3-2-4-15(22)9-13/h2-7,10-11,16H,8-9,23H2,1H3,(H,25,28);2-6,9-11,16H,7-8,23H2,1H3,(H,25,28). The fourth-order valence-electron chi connectivity index (χ4n) is 5.94. The number of carbonyl (C=O) groups is 4. The smallest absolute Gasteiger partial charge is 0.251 e. The lowest BCUT2D eigenvalue weighted by Gasteiger charge is -2.11. The predicted molar refractivity (Wildman–Crippen MR) is 206 cm³/mol. The van der Waals surface area contributed by atoms with Crippen LogP contribution in [-0.4, -0.2) is 55.0 Å². The Morgan fingerprint density at radius 3 is 1.48 bits per heavy atom. The van der Waals surface area contributed by atoms with Crippen LogP contribution in [0.3, 0.4) is 0 Å². The van der Waals surface area contributed by atoms with Gasteiger partial charge in [0, 0.05) is 34.3 Å². The quantitative estimate of drug-likeness (QED) is 0.122. The number of hydrogen-bond acceptors (Lipinski definition) is 8. The van der Waals surface area contributed by atoms with E-state index < -0.39 is 17.4 Å². The van der Waals surface area contributed by atoms with E-state index in [0.29, 0.717) is 28.1 Å². The Labute approximate surface area is 320 Å². The minimum atomic E-state index is -0.498. The van der Waals surface area contributed by atoms with Crippen LogP contribution < -0.4 is 22.1 Å². The van der Waals surface area contributed by atoms with Crippen LogP contribution in [0.1, 0.15) is 89.4 Å². The first-order valence-corrected chi connectivity index (χ1v) is 18.0. The summed E-state index contributed by atoms with van der Waals surface area (Å²) in [5.41, 5.74) is 17.2. The molecule has 2 amide bonds. The highest BCUT2D eigenvalue weighted by Gasteiger charge is 2.26. The van der Waals surface area contributed by atoms with E-state index in [1.54, 1.807) is 24.3 Å². The van der Waals surface area contributed by atoms with E-state index in [1.165, 1.54) is 64.2 Å². The molecule has 2 heterocycles. The molecular formula is C42H38F2N8O4.